The molecule has 4 heteroatoms. The molecule has 108 valence electrons. The zero-order valence-electron chi connectivity index (χ0n) is 11.8. The Morgan fingerprint density at radius 1 is 0.900 bits per heavy atom. The summed E-state index contributed by atoms with van der Waals surface area (Å²) in [5.74, 6) is 0.780. The number of rotatable bonds is 2. The van der Waals surface area contributed by atoms with Crippen LogP contribution in [0.2, 0.25) is 0 Å². The first kappa shape index (κ1) is 12.6. The van der Waals surface area contributed by atoms with E-state index < -0.39 is 0 Å². The van der Waals surface area contributed by atoms with Gasteiger partial charge in [-0.2, -0.15) is 0 Å². The minimum Gasteiger partial charge on any atom is -0.286 e. The maximum absolute atomic E-state index is 12.6. The molecule has 1 saturated carbocycles. The quantitative estimate of drug-likeness (QED) is 0.567. The molecule has 20 heavy (non-hydrogen) atoms. The van der Waals surface area contributed by atoms with Crippen molar-refractivity contribution in [3.63, 3.8) is 0 Å². The van der Waals surface area contributed by atoms with E-state index >= 15 is 0 Å². The van der Waals surface area contributed by atoms with Crippen LogP contribution < -0.4 is 0 Å². The van der Waals surface area contributed by atoms with E-state index in [1.807, 2.05) is 0 Å². The number of allylic oxidation sites excluding steroid dienone is 2. The van der Waals surface area contributed by atoms with E-state index in [4.69, 9.17) is 0 Å². The molecule has 4 aliphatic rings. The van der Waals surface area contributed by atoms with Gasteiger partial charge in [0.05, 0.1) is 18.5 Å². The lowest BCUT2D eigenvalue weighted by molar-refractivity contribution is -0.143. The monoisotopic (exact) mass is 274 g/mol. The Bertz CT molecular complexity index is 435. The van der Waals surface area contributed by atoms with E-state index in [1.54, 1.807) is 4.90 Å². The van der Waals surface area contributed by atoms with Gasteiger partial charge in [-0.3, -0.25) is 19.4 Å². The van der Waals surface area contributed by atoms with Crippen LogP contribution in [-0.4, -0.2) is 41.4 Å². The van der Waals surface area contributed by atoms with Gasteiger partial charge in [0.2, 0.25) is 11.8 Å². The highest BCUT2D eigenvalue weighted by Crippen LogP contribution is 2.52. The largest absolute Gasteiger partial charge is 0.286 e. The fourth-order valence-electron chi connectivity index (χ4n) is 4.58. The van der Waals surface area contributed by atoms with Crippen molar-refractivity contribution in [3.8, 4) is 0 Å². The van der Waals surface area contributed by atoms with Gasteiger partial charge in [0.15, 0.2) is 0 Å². The third-order valence-corrected chi connectivity index (χ3v) is 5.60. The van der Waals surface area contributed by atoms with Gasteiger partial charge < -0.3 is 0 Å². The molecule has 2 aliphatic carbocycles. The molecule has 0 N–H and O–H groups in total. The van der Waals surface area contributed by atoms with Gasteiger partial charge in [-0.15, -0.1) is 0 Å². The zero-order chi connectivity index (χ0) is 13.7. The topological polar surface area (TPSA) is 40.6 Å². The molecule has 2 amide bonds. The predicted molar refractivity (Wildman–Crippen MR) is 74.5 cm³/mol. The van der Waals surface area contributed by atoms with E-state index in [0.29, 0.717) is 18.5 Å². The number of amides is 2. The summed E-state index contributed by atoms with van der Waals surface area (Å²) in [5, 5.41) is 0. The number of fused-ring (bicyclic) bond motifs is 5. The lowest BCUT2D eigenvalue weighted by atomic mass is 9.85. The van der Waals surface area contributed by atoms with Gasteiger partial charge >= 0.3 is 0 Å². The molecule has 4 atom stereocenters. The molecule has 0 radical (unpaired) electrons. The van der Waals surface area contributed by atoms with Gasteiger partial charge in [0, 0.05) is 0 Å². The first-order valence-corrected chi connectivity index (χ1v) is 8.01. The third kappa shape index (κ3) is 1.77. The Balaban J connectivity index is 1.50. The van der Waals surface area contributed by atoms with Crippen molar-refractivity contribution in [1.29, 1.82) is 0 Å². The molecule has 0 unspecified atom stereocenters. The molecule has 0 spiro atoms. The molecule has 2 heterocycles. The summed E-state index contributed by atoms with van der Waals surface area (Å²) in [7, 11) is 0. The molecular formula is C16H22N2O2. The fraction of sp³-hybridized carbons (Fsp3) is 0.750. The van der Waals surface area contributed by atoms with E-state index in [-0.39, 0.29) is 23.7 Å². The molecule has 2 aliphatic heterocycles. The first-order valence-electron chi connectivity index (χ1n) is 8.01. The van der Waals surface area contributed by atoms with Gasteiger partial charge in [-0.1, -0.05) is 25.0 Å². The summed E-state index contributed by atoms with van der Waals surface area (Å²) in [6.07, 6.45) is 10.3. The van der Waals surface area contributed by atoms with Crippen LogP contribution in [0.1, 0.15) is 32.1 Å². The fourth-order valence-corrected chi connectivity index (χ4v) is 4.58. The molecular weight excluding hydrogens is 252 g/mol. The van der Waals surface area contributed by atoms with Crippen LogP contribution in [0.5, 0.6) is 0 Å². The van der Waals surface area contributed by atoms with Gasteiger partial charge in [0.1, 0.15) is 0 Å². The minimum absolute atomic E-state index is 0.0375. The van der Waals surface area contributed by atoms with Gasteiger partial charge in [-0.25, -0.2) is 0 Å². The van der Waals surface area contributed by atoms with Crippen molar-refractivity contribution >= 4 is 11.8 Å². The van der Waals surface area contributed by atoms with Crippen molar-refractivity contribution in [2.75, 3.05) is 19.8 Å². The highest BCUT2D eigenvalue weighted by atomic mass is 16.2. The number of nitrogens with zero attached hydrogens (tertiary/aromatic N) is 2. The molecule has 2 bridgehead atoms. The Labute approximate surface area is 119 Å². The lowest BCUT2D eigenvalue weighted by Crippen LogP contribution is -2.43. The predicted octanol–water partition coefficient (Wildman–Crippen LogP) is 1.63. The highest BCUT2D eigenvalue weighted by Gasteiger charge is 2.59. The number of imide groups is 1. The molecule has 0 aromatic rings. The second-order valence-corrected chi connectivity index (χ2v) is 6.78. The number of hydrogen-bond acceptors (Lipinski definition) is 3. The van der Waals surface area contributed by atoms with Gasteiger partial charge in [-0.05, 0) is 44.2 Å². The maximum atomic E-state index is 12.6. The molecule has 0 aromatic carbocycles. The van der Waals surface area contributed by atoms with Crippen LogP contribution in [0.15, 0.2) is 12.2 Å². The van der Waals surface area contributed by atoms with Crippen LogP contribution in [0.4, 0.5) is 0 Å². The maximum Gasteiger partial charge on any atom is 0.234 e. The summed E-state index contributed by atoms with van der Waals surface area (Å²) >= 11 is 0. The van der Waals surface area contributed by atoms with Crippen LogP contribution >= 0.6 is 0 Å². The van der Waals surface area contributed by atoms with Crippen LogP contribution in [0, 0.1) is 23.7 Å². The SMILES string of the molecule is O=C1[C@@H]2[C@H](C(=O)N1CN1CCCCCC1)[C@H]1C=C[C@H]2C1. The number of hydrogen-bond donors (Lipinski definition) is 0. The van der Waals surface area contributed by atoms with Crippen LogP contribution in [-0.2, 0) is 9.59 Å². The zero-order valence-corrected chi connectivity index (χ0v) is 11.8. The first-order chi connectivity index (χ1) is 9.75. The van der Waals surface area contributed by atoms with E-state index in [2.05, 4.69) is 17.1 Å². The lowest BCUT2D eigenvalue weighted by Gasteiger charge is -2.26. The number of likely N-dealkylation sites (tertiary alicyclic amines) is 2. The molecule has 2 saturated heterocycles. The van der Waals surface area contributed by atoms with Crippen LogP contribution in [0.3, 0.4) is 0 Å². The molecule has 3 fully saturated rings. The standard InChI is InChI=1S/C16H22N2O2/c19-15-13-11-5-6-12(9-11)14(13)16(20)18(15)10-17-7-3-1-2-4-8-17/h5-6,11-14H,1-4,7-10H2/t11-,12-,13-,14+/m0/s1. The second-order valence-electron chi connectivity index (χ2n) is 6.78. The smallest absolute Gasteiger partial charge is 0.234 e. The normalized spacial score (nSPS) is 40.5. The molecule has 0 aromatic heterocycles. The molecule has 4 nitrogen and oxygen atoms in total. The Hall–Kier alpha value is -1.16. The summed E-state index contributed by atoms with van der Waals surface area (Å²) in [4.78, 5) is 29.0. The highest BCUT2D eigenvalue weighted by molar-refractivity contribution is 6.06. The van der Waals surface area contributed by atoms with Gasteiger partial charge in [0.25, 0.3) is 0 Å². The average molecular weight is 274 g/mol. The second kappa shape index (κ2) is 4.69. The summed E-state index contributed by atoms with van der Waals surface area (Å²) in [6, 6.07) is 0. The van der Waals surface area contributed by atoms with Crippen molar-refractivity contribution in [2.24, 2.45) is 23.7 Å². The van der Waals surface area contributed by atoms with Crippen molar-refractivity contribution in [3.05, 3.63) is 12.2 Å². The Morgan fingerprint density at radius 3 is 2.00 bits per heavy atom. The third-order valence-electron chi connectivity index (χ3n) is 5.60. The van der Waals surface area contributed by atoms with Crippen molar-refractivity contribution in [1.82, 2.24) is 9.80 Å². The minimum atomic E-state index is -0.0375. The van der Waals surface area contributed by atoms with E-state index in [0.717, 1.165) is 19.5 Å². The Kier molecular flexibility index (Phi) is 2.95. The molecule has 4 rings (SSSR count). The van der Waals surface area contributed by atoms with E-state index in [1.165, 1.54) is 25.7 Å². The van der Waals surface area contributed by atoms with Crippen molar-refractivity contribution < 1.29 is 9.59 Å². The average Bonchev–Trinajstić information content (AvgIpc) is 3.04. The number of carbonyl (C=O) groups excluding carboxylic acids is 2. The summed E-state index contributed by atoms with van der Waals surface area (Å²) in [6.45, 7) is 2.58. The Morgan fingerprint density at radius 2 is 1.45 bits per heavy atom. The van der Waals surface area contributed by atoms with Crippen molar-refractivity contribution in [2.45, 2.75) is 32.1 Å². The number of carbonyl (C=O) groups is 2. The summed E-state index contributed by atoms with van der Waals surface area (Å²) < 4.78 is 0. The van der Waals surface area contributed by atoms with Crippen LogP contribution in [0.25, 0.3) is 0 Å². The summed E-state index contributed by atoms with van der Waals surface area (Å²) in [5.41, 5.74) is 0. The van der Waals surface area contributed by atoms with E-state index in [9.17, 15) is 9.59 Å².